The van der Waals surface area contributed by atoms with Gasteiger partial charge in [-0.3, -0.25) is 4.79 Å². The summed E-state index contributed by atoms with van der Waals surface area (Å²) in [5.74, 6) is 0.216. The first-order valence-corrected chi connectivity index (χ1v) is 8.84. The maximum Gasteiger partial charge on any atom is 0.220 e. The van der Waals surface area contributed by atoms with Crippen LogP contribution in [0.25, 0.3) is 0 Å². The van der Waals surface area contributed by atoms with Crippen LogP contribution in [0.4, 0.5) is 0 Å². The Kier molecular flexibility index (Phi) is 5.57. The van der Waals surface area contributed by atoms with Gasteiger partial charge >= 0.3 is 0 Å². The van der Waals surface area contributed by atoms with Crippen molar-refractivity contribution in [3.05, 3.63) is 22.4 Å². The van der Waals surface area contributed by atoms with Gasteiger partial charge in [0.05, 0.1) is 0 Å². The molecule has 1 fully saturated rings. The van der Waals surface area contributed by atoms with Crippen LogP contribution in [-0.4, -0.2) is 23.5 Å². The minimum atomic E-state index is 0.216. The first kappa shape index (κ1) is 13.9. The lowest BCUT2D eigenvalue weighted by Crippen LogP contribution is -2.39. The van der Waals surface area contributed by atoms with E-state index in [4.69, 9.17) is 0 Å². The van der Waals surface area contributed by atoms with Crippen LogP contribution in [-0.2, 0) is 11.2 Å². The highest BCUT2D eigenvalue weighted by atomic mass is 32.2. The van der Waals surface area contributed by atoms with Crippen molar-refractivity contribution >= 4 is 29.0 Å². The highest BCUT2D eigenvalue weighted by Crippen LogP contribution is 2.26. The standard InChI is InChI=1S/C14H21NOS2/c1-17-13-4-2-3-12(9-13)15-14(16)6-5-11-7-8-18-10-11/h7-8,10,12-13H,2-6,9H2,1H3,(H,15,16)/t12-,13+/m0/s1. The summed E-state index contributed by atoms with van der Waals surface area (Å²) in [5.41, 5.74) is 1.28. The lowest BCUT2D eigenvalue weighted by Gasteiger charge is -2.28. The molecule has 100 valence electrons. The smallest absolute Gasteiger partial charge is 0.220 e. The number of aryl methyl sites for hydroxylation is 1. The molecule has 0 saturated heterocycles. The zero-order chi connectivity index (χ0) is 12.8. The van der Waals surface area contributed by atoms with Gasteiger partial charge in [-0.15, -0.1) is 0 Å². The number of amides is 1. The monoisotopic (exact) mass is 283 g/mol. The average Bonchev–Trinajstić information content (AvgIpc) is 2.90. The summed E-state index contributed by atoms with van der Waals surface area (Å²) in [7, 11) is 0. The van der Waals surface area contributed by atoms with Crippen LogP contribution in [0.3, 0.4) is 0 Å². The molecule has 0 unspecified atom stereocenters. The Morgan fingerprint density at radius 2 is 2.44 bits per heavy atom. The molecule has 1 heterocycles. The second-order valence-electron chi connectivity index (χ2n) is 4.92. The summed E-state index contributed by atoms with van der Waals surface area (Å²) in [4.78, 5) is 11.9. The Morgan fingerprint density at radius 3 is 3.17 bits per heavy atom. The van der Waals surface area contributed by atoms with E-state index in [0.29, 0.717) is 12.5 Å². The molecule has 1 aliphatic carbocycles. The van der Waals surface area contributed by atoms with Gasteiger partial charge in [0, 0.05) is 17.7 Å². The largest absolute Gasteiger partial charge is 0.353 e. The minimum Gasteiger partial charge on any atom is -0.353 e. The fourth-order valence-electron chi connectivity index (χ4n) is 2.48. The van der Waals surface area contributed by atoms with Crippen molar-refractivity contribution in [3.63, 3.8) is 0 Å². The second kappa shape index (κ2) is 7.19. The van der Waals surface area contributed by atoms with Crippen molar-refractivity contribution < 1.29 is 4.79 Å². The molecule has 0 aliphatic heterocycles. The Balaban J connectivity index is 1.70. The normalized spacial score (nSPS) is 23.8. The van der Waals surface area contributed by atoms with Gasteiger partial charge < -0.3 is 5.32 Å². The van der Waals surface area contributed by atoms with Crippen LogP contribution in [0.5, 0.6) is 0 Å². The van der Waals surface area contributed by atoms with Crippen LogP contribution < -0.4 is 5.32 Å². The maximum absolute atomic E-state index is 11.9. The lowest BCUT2D eigenvalue weighted by atomic mass is 9.95. The van der Waals surface area contributed by atoms with E-state index in [1.165, 1.54) is 18.4 Å². The van der Waals surface area contributed by atoms with Crippen LogP contribution >= 0.6 is 23.1 Å². The van der Waals surface area contributed by atoms with Gasteiger partial charge in [-0.05, 0) is 54.3 Å². The van der Waals surface area contributed by atoms with E-state index >= 15 is 0 Å². The molecule has 1 aromatic rings. The van der Waals surface area contributed by atoms with E-state index < -0.39 is 0 Å². The first-order valence-electron chi connectivity index (χ1n) is 6.61. The molecule has 1 saturated carbocycles. The molecule has 0 radical (unpaired) electrons. The Bertz CT molecular complexity index is 364. The van der Waals surface area contributed by atoms with E-state index in [2.05, 4.69) is 28.4 Å². The molecule has 2 rings (SSSR count). The van der Waals surface area contributed by atoms with Crippen LogP contribution in [0.15, 0.2) is 16.8 Å². The summed E-state index contributed by atoms with van der Waals surface area (Å²) < 4.78 is 0. The molecule has 0 aromatic carbocycles. The number of thiophene rings is 1. The van der Waals surface area contributed by atoms with Gasteiger partial charge in [-0.2, -0.15) is 23.1 Å². The Hall–Kier alpha value is -0.480. The van der Waals surface area contributed by atoms with Crippen LogP contribution in [0, 0.1) is 0 Å². The number of carbonyl (C=O) groups is 1. The second-order valence-corrected chi connectivity index (χ2v) is 6.84. The molecule has 1 N–H and O–H groups in total. The summed E-state index contributed by atoms with van der Waals surface area (Å²) in [6.45, 7) is 0. The molecule has 1 aliphatic rings. The molecule has 0 bridgehead atoms. The van der Waals surface area contributed by atoms with E-state index in [1.54, 1.807) is 11.3 Å². The number of rotatable bonds is 5. The molecule has 2 nitrogen and oxygen atoms in total. The van der Waals surface area contributed by atoms with Gasteiger partial charge in [-0.25, -0.2) is 0 Å². The minimum absolute atomic E-state index is 0.216. The highest BCUT2D eigenvalue weighted by Gasteiger charge is 2.22. The number of nitrogens with one attached hydrogen (secondary N) is 1. The van der Waals surface area contributed by atoms with Crippen molar-refractivity contribution in [3.8, 4) is 0 Å². The SMILES string of the molecule is CS[C@@H]1CCC[C@H](NC(=O)CCc2ccsc2)C1. The van der Waals surface area contributed by atoms with Gasteiger partial charge in [0.25, 0.3) is 0 Å². The lowest BCUT2D eigenvalue weighted by molar-refractivity contribution is -0.121. The number of hydrogen-bond donors (Lipinski definition) is 1. The van der Waals surface area contributed by atoms with Gasteiger partial charge in [0.2, 0.25) is 5.91 Å². The van der Waals surface area contributed by atoms with E-state index in [1.807, 2.05) is 11.8 Å². The van der Waals surface area contributed by atoms with Gasteiger partial charge in [0.15, 0.2) is 0 Å². The molecular formula is C14H21NOS2. The fraction of sp³-hybridized carbons (Fsp3) is 0.643. The predicted octanol–water partition coefficient (Wildman–Crippen LogP) is 3.47. The van der Waals surface area contributed by atoms with E-state index in [-0.39, 0.29) is 5.91 Å². The predicted molar refractivity (Wildman–Crippen MR) is 80.3 cm³/mol. The summed E-state index contributed by atoms with van der Waals surface area (Å²) in [6.07, 6.45) is 8.52. The van der Waals surface area contributed by atoms with Crippen molar-refractivity contribution in [2.45, 2.75) is 49.8 Å². The van der Waals surface area contributed by atoms with Gasteiger partial charge in [0.1, 0.15) is 0 Å². The molecule has 0 spiro atoms. The topological polar surface area (TPSA) is 29.1 Å². The molecule has 4 heteroatoms. The number of thioether (sulfide) groups is 1. The van der Waals surface area contributed by atoms with Gasteiger partial charge in [-0.1, -0.05) is 6.42 Å². The number of hydrogen-bond acceptors (Lipinski definition) is 3. The molecule has 1 aromatic heterocycles. The Labute approximate surface area is 118 Å². The third kappa shape index (κ3) is 4.32. The average molecular weight is 283 g/mol. The number of carbonyl (C=O) groups excluding carboxylic acids is 1. The van der Waals surface area contributed by atoms with E-state index in [9.17, 15) is 4.79 Å². The summed E-state index contributed by atoms with van der Waals surface area (Å²) >= 11 is 3.63. The summed E-state index contributed by atoms with van der Waals surface area (Å²) in [6, 6.07) is 2.51. The molecular weight excluding hydrogens is 262 g/mol. The summed E-state index contributed by atoms with van der Waals surface area (Å²) in [5, 5.41) is 8.12. The van der Waals surface area contributed by atoms with Crippen LogP contribution in [0.2, 0.25) is 0 Å². The van der Waals surface area contributed by atoms with Crippen LogP contribution in [0.1, 0.15) is 37.7 Å². The zero-order valence-corrected chi connectivity index (χ0v) is 12.5. The molecule has 1 amide bonds. The van der Waals surface area contributed by atoms with Crippen molar-refractivity contribution in [1.29, 1.82) is 0 Å². The fourth-order valence-corrected chi connectivity index (χ4v) is 4.01. The van der Waals surface area contributed by atoms with Crippen molar-refractivity contribution in [1.82, 2.24) is 5.32 Å². The molecule has 2 atom stereocenters. The van der Waals surface area contributed by atoms with E-state index in [0.717, 1.165) is 24.5 Å². The quantitative estimate of drug-likeness (QED) is 0.896. The highest BCUT2D eigenvalue weighted by molar-refractivity contribution is 7.99. The molecule has 18 heavy (non-hydrogen) atoms. The maximum atomic E-state index is 11.9. The van der Waals surface area contributed by atoms with Crippen molar-refractivity contribution in [2.75, 3.05) is 6.26 Å². The third-order valence-electron chi connectivity index (χ3n) is 3.55. The van der Waals surface area contributed by atoms with Crippen molar-refractivity contribution in [2.24, 2.45) is 0 Å². The third-order valence-corrected chi connectivity index (χ3v) is 5.37. The first-order chi connectivity index (χ1) is 8.78. The Morgan fingerprint density at radius 1 is 1.56 bits per heavy atom. The zero-order valence-electron chi connectivity index (χ0n) is 10.9.